The first-order chi connectivity index (χ1) is 9.51. The van der Waals surface area contributed by atoms with Crippen molar-refractivity contribution >= 4 is 22.9 Å². The van der Waals surface area contributed by atoms with Gasteiger partial charge in [0.1, 0.15) is 11.5 Å². The Balaban J connectivity index is 3.14. The molecule has 106 valence electrons. The molecule has 0 aliphatic heterocycles. The summed E-state index contributed by atoms with van der Waals surface area (Å²) in [6.07, 6.45) is 5.93. The first-order valence-electron chi connectivity index (χ1n) is 6.43. The molecule has 0 aliphatic rings. The van der Waals surface area contributed by atoms with E-state index < -0.39 is 0 Å². The average Bonchev–Trinajstić information content (AvgIpc) is 2.46. The van der Waals surface area contributed by atoms with E-state index in [1.807, 2.05) is 32.1 Å². The van der Waals surface area contributed by atoms with Crippen molar-refractivity contribution in [1.29, 1.82) is 0 Å². The van der Waals surface area contributed by atoms with Gasteiger partial charge in [0.25, 0.3) is 0 Å². The highest BCUT2D eigenvalue weighted by Gasteiger charge is 2.08. The molecule has 20 heavy (non-hydrogen) atoms. The number of anilines is 1. The van der Waals surface area contributed by atoms with Crippen LogP contribution in [0, 0.1) is 0 Å². The van der Waals surface area contributed by atoms with E-state index in [2.05, 4.69) is 13.2 Å². The number of rotatable bonds is 6. The standard InChI is InChI=1S/C17H20ClNO/c1-5-12(4)16-11-14(19)8-9-17(16)20-15(7-3)10-13(18)6-2/h6-11H,2,4-5,19H2,1,3H3/b13-10+,15-7+. The lowest BCUT2D eigenvalue weighted by Crippen LogP contribution is -1.98. The lowest BCUT2D eigenvalue weighted by atomic mass is 10.0. The predicted molar refractivity (Wildman–Crippen MR) is 88.7 cm³/mol. The molecule has 0 fully saturated rings. The first-order valence-corrected chi connectivity index (χ1v) is 6.81. The molecule has 0 unspecified atom stereocenters. The Labute approximate surface area is 125 Å². The van der Waals surface area contributed by atoms with Gasteiger partial charge in [-0.15, -0.1) is 0 Å². The predicted octanol–water partition coefficient (Wildman–Crippen LogP) is 5.28. The van der Waals surface area contributed by atoms with Crippen LogP contribution >= 0.6 is 11.6 Å². The molecule has 0 saturated heterocycles. The molecule has 0 radical (unpaired) electrons. The topological polar surface area (TPSA) is 35.2 Å². The number of allylic oxidation sites excluding steroid dienone is 5. The van der Waals surface area contributed by atoms with Gasteiger partial charge in [0.05, 0.1) is 0 Å². The van der Waals surface area contributed by atoms with Crippen LogP contribution in [0.1, 0.15) is 25.8 Å². The minimum Gasteiger partial charge on any atom is -0.457 e. The highest BCUT2D eigenvalue weighted by atomic mass is 35.5. The van der Waals surface area contributed by atoms with Crippen molar-refractivity contribution in [3.63, 3.8) is 0 Å². The van der Waals surface area contributed by atoms with Gasteiger partial charge in [-0.2, -0.15) is 0 Å². The summed E-state index contributed by atoms with van der Waals surface area (Å²) in [5.74, 6) is 1.36. The molecule has 3 heteroatoms. The SMILES string of the molecule is C=C/C(Cl)=C\C(=C/C)Oc1ccc(N)cc1C(=C)CC. The number of nitrogen functional groups attached to an aromatic ring is 1. The number of hydrogen-bond donors (Lipinski definition) is 1. The molecule has 1 aromatic rings. The van der Waals surface area contributed by atoms with E-state index in [1.54, 1.807) is 18.2 Å². The van der Waals surface area contributed by atoms with Gasteiger partial charge in [-0.3, -0.25) is 0 Å². The Morgan fingerprint density at radius 2 is 2.15 bits per heavy atom. The Hall–Kier alpha value is -1.93. The van der Waals surface area contributed by atoms with Crippen LogP contribution in [-0.2, 0) is 0 Å². The summed E-state index contributed by atoms with van der Waals surface area (Å²) in [7, 11) is 0. The summed E-state index contributed by atoms with van der Waals surface area (Å²) in [5, 5.41) is 0.518. The second kappa shape index (κ2) is 7.61. The van der Waals surface area contributed by atoms with Crippen LogP contribution in [0.4, 0.5) is 5.69 Å². The largest absolute Gasteiger partial charge is 0.457 e. The second-order valence-corrected chi connectivity index (χ2v) is 4.68. The van der Waals surface area contributed by atoms with Gasteiger partial charge in [-0.25, -0.2) is 0 Å². The molecule has 0 bridgehead atoms. The fourth-order valence-electron chi connectivity index (χ4n) is 1.60. The van der Waals surface area contributed by atoms with E-state index in [0.29, 0.717) is 22.2 Å². The quantitative estimate of drug-likeness (QED) is 0.439. The second-order valence-electron chi connectivity index (χ2n) is 4.24. The number of nitrogens with two attached hydrogens (primary N) is 1. The highest BCUT2D eigenvalue weighted by molar-refractivity contribution is 6.31. The molecule has 0 spiro atoms. The molecule has 0 aromatic heterocycles. The van der Waals surface area contributed by atoms with Crippen LogP contribution in [0.15, 0.2) is 60.4 Å². The van der Waals surface area contributed by atoms with E-state index in [1.165, 1.54) is 0 Å². The lowest BCUT2D eigenvalue weighted by molar-refractivity contribution is 0.442. The number of benzene rings is 1. The molecule has 0 heterocycles. The average molecular weight is 290 g/mol. The smallest absolute Gasteiger partial charge is 0.135 e. The van der Waals surface area contributed by atoms with Crippen molar-refractivity contribution in [1.82, 2.24) is 0 Å². The van der Waals surface area contributed by atoms with Crippen molar-refractivity contribution in [3.8, 4) is 5.75 Å². The summed E-state index contributed by atoms with van der Waals surface area (Å²) in [6.45, 7) is 11.6. The third-order valence-electron chi connectivity index (χ3n) is 2.80. The Kier molecular flexibility index (Phi) is 6.13. The van der Waals surface area contributed by atoms with Gasteiger partial charge in [-0.05, 0) is 49.3 Å². The van der Waals surface area contributed by atoms with Crippen LogP contribution < -0.4 is 10.5 Å². The molecule has 0 atom stereocenters. The number of halogens is 1. The van der Waals surface area contributed by atoms with E-state index in [-0.39, 0.29) is 0 Å². The summed E-state index contributed by atoms with van der Waals surface area (Å²) in [6, 6.07) is 5.51. The van der Waals surface area contributed by atoms with E-state index in [9.17, 15) is 0 Å². The lowest BCUT2D eigenvalue weighted by Gasteiger charge is -2.13. The van der Waals surface area contributed by atoms with Gasteiger partial charge in [-0.1, -0.05) is 37.8 Å². The zero-order valence-electron chi connectivity index (χ0n) is 11.9. The minimum atomic E-state index is 0.518. The zero-order valence-corrected chi connectivity index (χ0v) is 12.7. The third kappa shape index (κ3) is 4.32. The number of ether oxygens (including phenoxy) is 1. The van der Waals surface area contributed by atoms with Crippen molar-refractivity contribution in [2.24, 2.45) is 0 Å². The Morgan fingerprint density at radius 1 is 1.45 bits per heavy atom. The van der Waals surface area contributed by atoms with Crippen molar-refractivity contribution < 1.29 is 4.74 Å². The van der Waals surface area contributed by atoms with Crippen molar-refractivity contribution in [2.45, 2.75) is 20.3 Å². The maximum atomic E-state index is 5.94. The van der Waals surface area contributed by atoms with E-state index in [4.69, 9.17) is 22.1 Å². The maximum Gasteiger partial charge on any atom is 0.135 e. The van der Waals surface area contributed by atoms with Gasteiger partial charge in [0.15, 0.2) is 0 Å². The van der Waals surface area contributed by atoms with Crippen molar-refractivity contribution in [3.05, 3.63) is 65.9 Å². The molecule has 1 rings (SSSR count). The van der Waals surface area contributed by atoms with Gasteiger partial charge in [0, 0.05) is 16.3 Å². The normalized spacial score (nSPS) is 12.2. The van der Waals surface area contributed by atoms with Crippen LogP contribution in [0.25, 0.3) is 5.57 Å². The molecule has 2 nitrogen and oxygen atoms in total. The summed E-state index contributed by atoms with van der Waals surface area (Å²) in [5.41, 5.74) is 8.40. The first kappa shape index (κ1) is 16.1. The minimum absolute atomic E-state index is 0.518. The van der Waals surface area contributed by atoms with Gasteiger partial charge < -0.3 is 10.5 Å². The molecule has 0 amide bonds. The van der Waals surface area contributed by atoms with Crippen LogP contribution in [-0.4, -0.2) is 0 Å². The molecule has 0 saturated carbocycles. The van der Waals surface area contributed by atoms with Gasteiger partial charge in [0.2, 0.25) is 0 Å². The molecule has 0 aliphatic carbocycles. The number of hydrogen-bond acceptors (Lipinski definition) is 2. The summed E-state index contributed by atoms with van der Waals surface area (Å²) < 4.78 is 5.88. The summed E-state index contributed by atoms with van der Waals surface area (Å²) >= 11 is 5.94. The maximum absolute atomic E-state index is 5.94. The molecular formula is C17H20ClNO. The van der Waals surface area contributed by atoms with Gasteiger partial charge >= 0.3 is 0 Å². The Bertz CT molecular complexity index is 570. The molecule has 1 aromatic carbocycles. The fraction of sp³-hybridized carbons (Fsp3) is 0.176. The highest BCUT2D eigenvalue weighted by Crippen LogP contribution is 2.30. The van der Waals surface area contributed by atoms with Crippen LogP contribution in [0.5, 0.6) is 5.75 Å². The van der Waals surface area contributed by atoms with Crippen LogP contribution in [0.3, 0.4) is 0 Å². The van der Waals surface area contributed by atoms with Crippen LogP contribution in [0.2, 0.25) is 0 Å². The Morgan fingerprint density at radius 3 is 2.70 bits per heavy atom. The van der Waals surface area contributed by atoms with E-state index in [0.717, 1.165) is 17.6 Å². The molecule has 2 N–H and O–H groups in total. The monoisotopic (exact) mass is 289 g/mol. The summed E-state index contributed by atoms with van der Waals surface area (Å²) in [4.78, 5) is 0. The zero-order chi connectivity index (χ0) is 15.1. The fourth-order valence-corrected chi connectivity index (χ4v) is 1.70. The van der Waals surface area contributed by atoms with E-state index >= 15 is 0 Å². The van der Waals surface area contributed by atoms with Crippen molar-refractivity contribution in [2.75, 3.05) is 5.73 Å². The molecular weight excluding hydrogens is 270 g/mol. The third-order valence-corrected chi connectivity index (χ3v) is 3.06.